The average molecular weight is 311 g/mol. The van der Waals surface area contributed by atoms with Gasteiger partial charge in [0.1, 0.15) is 5.52 Å². The van der Waals surface area contributed by atoms with Crippen LogP contribution >= 0.6 is 0 Å². The highest BCUT2D eigenvalue weighted by Gasteiger charge is 2.15. The maximum Gasteiger partial charge on any atom is 0.152 e. The fourth-order valence-electron chi connectivity index (χ4n) is 3.08. The van der Waals surface area contributed by atoms with Gasteiger partial charge < -0.3 is 10.6 Å². The minimum Gasteiger partial charge on any atom is -0.368 e. The molecule has 0 spiro atoms. The van der Waals surface area contributed by atoms with Gasteiger partial charge in [0.15, 0.2) is 5.82 Å². The summed E-state index contributed by atoms with van der Waals surface area (Å²) in [6.45, 7) is 3.17. The summed E-state index contributed by atoms with van der Waals surface area (Å²) < 4.78 is 3.66. The summed E-state index contributed by atoms with van der Waals surface area (Å²) in [5.41, 5.74) is 2.88. The quantitative estimate of drug-likeness (QED) is 0.765. The van der Waals surface area contributed by atoms with E-state index in [9.17, 15) is 0 Å². The van der Waals surface area contributed by atoms with E-state index in [-0.39, 0.29) is 0 Å². The van der Waals surface area contributed by atoms with Crippen LogP contribution in [0.3, 0.4) is 0 Å². The number of nitrogens with zero attached hydrogens (tertiary/aromatic N) is 5. The molecular weight excluding hydrogens is 290 g/mol. The third kappa shape index (κ3) is 2.92. The molecule has 2 N–H and O–H groups in total. The van der Waals surface area contributed by atoms with Gasteiger partial charge in [-0.3, -0.25) is 4.68 Å². The molecule has 1 aliphatic heterocycles. The molecule has 1 saturated heterocycles. The molecule has 0 aromatic carbocycles. The van der Waals surface area contributed by atoms with Crippen LogP contribution in [-0.2, 0) is 7.05 Å². The van der Waals surface area contributed by atoms with Gasteiger partial charge in [0.2, 0.25) is 0 Å². The van der Waals surface area contributed by atoms with E-state index >= 15 is 0 Å². The fourth-order valence-corrected chi connectivity index (χ4v) is 3.08. The molecule has 1 fully saturated rings. The number of hydrogen-bond donors (Lipinski definition) is 2. The van der Waals surface area contributed by atoms with Crippen LogP contribution in [0.2, 0.25) is 0 Å². The zero-order valence-electron chi connectivity index (χ0n) is 13.2. The van der Waals surface area contributed by atoms with E-state index in [4.69, 9.17) is 4.98 Å². The first-order valence-corrected chi connectivity index (χ1v) is 8.07. The Balaban J connectivity index is 1.63. The van der Waals surface area contributed by atoms with Gasteiger partial charge in [-0.15, -0.1) is 0 Å². The van der Waals surface area contributed by atoms with Gasteiger partial charge in [-0.1, -0.05) is 0 Å². The maximum absolute atomic E-state index is 4.80. The third-order valence-electron chi connectivity index (χ3n) is 4.41. The van der Waals surface area contributed by atoms with E-state index in [1.54, 1.807) is 10.9 Å². The van der Waals surface area contributed by atoms with Gasteiger partial charge in [-0.25, -0.2) is 9.50 Å². The summed E-state index contributed by atoms with van der Waals surface area (Å²) in [4.78, 5) is 4.80. The lowest BCUT2D eigenvalue weighted by Crippen LogP contribution is -2.31. The van der Waals surface area contributed by atoms with Crippen LogP contribution < -0.4 is 10.6 Å². The maximum atomic E-state index is 4.80. The highest BCUT2D eigenvalue weighted by molar-refractivity contribution is 5.71. The molecule has 3 aromatic rings. The second kappa shape index (κ2) is 6.00. The summed E-state index contributed by atoms with van der Waals surface area (Å²) >= 11 is 0. The summed E-state index contributed by atoms with van der Waals surface area (Å²) in [5.74, 6) is 1.59. The van der Waals surface area contributed by atoms with Crippen molar-refractivity contribution in [2.45, 2.75) is 12.8 Å². The number of fused-ring (bicyclic) bond motifs is 1. The van der Waals surface area contributed by atoms with Gasteiger partial charge in [0.05, 0.1) is 24.3 Å². The monoisotopic (exact) mass is 311 g/mol. The van der Waals surface area contributed by atoms with Gasteiger partial charge in [0.25, 0.3) is 0 Å². The number of nitrogens with one attached hydrogen (secondary N) is 2. The smallest absolute Gasteiger partial charge is 0.152 e. The molecule has 7 nitrogen and oxygen atoms in total. The normalized spacial score (nSPS) is 16.0. The van der Waals surface area contributed by atoms with E-state index in [1.807, 2.05) is 36.2 Å². The number of aromatic nitrogens is 5. The van der Waals surface area contributed by atoms with Crippen molar-refractivity contribution in [2.75, 3.05) is 25.0 Å². The molecular formula is C16H21N7. The van der Waals surface area contributed by atoms with Gasteiger partial charge >= 0.3 is 0 Å². The SMILES string of the molecule is Cn1cc(-c2cn3nccc3c(NCC3CCNCC3)n2)cn1. The van der Waals surface area contributed by atoms with Crippen molar-refractivity contribution < 1.29 is 0 Å². The first-order chi connectivity index (χ1) is 11.3. The Morgan fingerprint density at radius 2 is 2.13 bits per heavy atom. The van der Waals surface area contributed by atoms with E-state index < -0.39 is 0 Å². The highest BCUT2D eigenvalue weighted by Crippen LogP contribution is 2.22. The van der Waals surface area contributed by atoms with Crippen molar-refractivity contribution in [3.63, 3.8) is 0 Å². The minimum absolute atomic E-state index is 0.697. The number of piperidine rings is 1. The van der Waals surface area contributed by atoms with Crippen LogP contribution in [0.15, 0.2) is 30.9 Å². The highest BCUT2D eigenvalue weighted by atomic mass is 15.3. The van der Waals surface area contributed by atoms with Crippen molar-refractivity contribution >= 4 is 11.3 Å². The number of anilines is 1. The standard InChI is InChI=1S/C16H21N7/c1-22-10-13(9-20-22)14-11-23-15(4-7-19-23)16(21-14)18-8-12-2-5-17-6-3-12/h4,7,9-12,17H,2-3,5-6,8H2,1H3,(H,18,21). The van der Waals surface area contributed by atoms with Crippen molar-refractivity contribution in [2.24, 2.45) is 13.0 Å². The molecule has 0 saturated carbocycles. The summed E-state index contributed by atoms with van der Waals surface area (Å²) in [6.07, 6.45) is 9.97. The summed E-state index contributed by atoms with van der Waals surface area (Å²) in [7, 11) is 1.91. The molecule has 4 rings (SSSR count). The Morgan fingerprint density at radius 3 is 2.91 bits per heavy atom. The molecule has 23 heavy (non-hydrogen) atoms. The second-order valence-electron chi connectivity index (χ2n) is 6.11. The van der Waals surface area contributed by atoms with Gasteiger partial charge in [-0.05, 0) is 37.9 Å². The Kier molecular flexibility index (Phi) is 3.70. The predicted octanol–water partition coefficient (Wildman–Crippen LogP) is 1.54. The van der Waals surface area contributed by atoms with E-state index in [0.717, 1.165) is 42.2 Å². The molecule has 1 aliphatic rings. The van der Waals surface area contributed by atoms with Crippen molar-refractivity contribution in [3.05, 3.63) is 30.9 Å². The molecule has 4 heterocycles. The van der Waals surface area contributed by atoms with Crippen molar-refractivity contribution in [3.8, 4) is 11.3 Å². The van der Waals surface area contributed by atoms with Crippen LogP contribution in [0.25, 0.3) is 16.8 Å². The molecule has 0 unspecified atom stereocenters. The zero-order valence-corrected chi connectivity index (χ0v) is 13.2. The average Bonchev–Trinajstić information content (AvgIpc) is 3.22. The van der Waals surface area contributed by atoms with E-state index in [1.165, 1.54) is 12.8 Å². The lowest BCUT2D eigenvalue weighted by atomic mass is 9.98. The van der Waals surface area contributed by atoms with Crippen LogP contribution in [-0.4, -0.2) is 44.0 Å². The van der Waals surface area contributed by atoms with Crippen LogP contribution in [0, 0.1) is 5.92 Å². The summed E-state index contributed by atoms with van der Waals surface area (Å²) in [5, 5.41) is 15.5. The Morgan fingerprint density at radius 1 is 1.26 bits per heavy atom. The molecule has 0 radical (unpaired) electrons. The predicted molar refractivity (Wildman–Crippen MR) is 89.3 cm³/mol. The minimum atomic E-state index is 0.697. The van der Waals surface area contributed by atoms with Gasteiger partial charge in [0, 0.05) is 25.4 Å². The van der Waals surface area contributed by atoms with Crippen LogP contribution in [0.1, 0.15) is 12.8 Å². The largest absolute Gasteiger partial charge is 0.368 e. The van der Waals surface area contributed by atoms with Crippen molar-refractivity contribution in [1.29, 1.82) is 0 Å². The molecule has 120 valence electrons. The van der Waals surface area contributed by atoms with Crippen LogP contribution in [0.4, 0.5) is 5.82 Å². The topological polar surface area (TPSA) is 72.1 Å². The lowest BCUT2D eigenvalue weighted by molar-refractivity contribution is 0.389. The van der Waals surface area contributed by atoms with E-state index in [0.29, 0.717) is 5.92 Å². The number of aryl methyl sites for hydroxylation is 1. The Labute approximate surface area is 134 Å². The fraction of sp³-hybridized carbons (Fsp3) is 0.438. The Hall–Kier alpha value is -2.41. The molecule has 0 bridgehead atoms. The number of rotatable bonds is 4. The number of hydrogen-bond acceptors (Lipinski definition) is 5. The summed E-state index contributed by atoms with van der Waals surface area (Å²) in [6, 6.07) is 1.99. The third-order valence-corrected chi connectivity index (χ3v) is 4.41. The molecule has 3 aromatic heterocycles. The van der Waals surface area contributed by atoms with Crippen LogP contribution in [0.5, 0.6) is 0 Å². The van der Waals surface area contributed by atoms with Gasteiger partial charge in [-0.2, -0.15) is 10.2 Å². The lowest BCUT2D eigenvalue weighted by Gasteiger charge is -2.23. The van der Waals surface area contributed by atoms with E-state index in [2.05, 4.69) is 20.8 Å². The zero-order chi connectivity index (χ0) is 15.6. The first kappa shape index (κ1) is 14.2. The molecule has 0 aliphatic carbocycles. The second-order valence-corrected chi connectivity index (χ2v) is 6.11. The first-order valence-electron chi connectivity index (χ1n) is 8.07. The molecule has 0 amide bonds. The van der Waals surface area contributed by atoms with Crippen molar-refractivity contribution in [1.82, 2.24) is 29.7 Å². The molecule has 7 heteroatoms. The molecule has 0 atom stereocenters. The Bertz CT molecular complexity index is 798.